The molecular weight excluding hydrogens is 331 g/mol. The van der Waals surface area contributed by atoms with Crippen molar-refractivity contribution in [3.8, 4) is 0 Å². The molecule has 0 fully saturated rings. The van der Waals surface area contributed by atoms with Gasteiger partial charge in [-0.25, -0.2) is 4.39 Å². The van der Waals surface area contributed by atoms with Crippen molar-refractivity contribution < 1.29 is 18.7 Å². The second kappa shape index (κ2) is 7.23. The second-order valence-electron chi connectivity index (χ2n) is 4.16. The van der Waals surface area contributed by atoms with Gasteiger partial charge in [0.05, 0.1) is 18.4 Å². The van der Waals surface area contributed by atoms with Crippen molar-refractivity contribution in [2.45, 2.75) is 13.3 Å². The van der Waals surface area contributed by atoms with E-state index in [1.165, 1.54) is 18.1 Å². The van der Waals surface area contributed by atoms with Crippen LogP contribution in [-0.4, -0.2) is 37.0 Å². The average molecular weight is 347 g/mol. The molecule has 0 aliphatic rings. The molecule has 0 saturated carbocycles. The van der Waals surface area contributed by atoms with Gasteiger partial charge in [0.15, 0.2) is 0 Å². The van der Waals surface area contributed by atoms with Crippen LogP contribution in [0.4, 0.5) is 10.1 Å². The Morgan fingerprint density at radius 1 is 1.45 bits per heavy atom. The molecule has 1 rings (SSSR count). The van der Waals surface area contributed by atoms with Crippen LogP contribution in [0.1, 0.15) is 23.7 Å². The van der Waals surface area contributed by atoms with Gasteiger partial charge >= 0.3 is 5.97 Å². The van der Waals surface area contributed by atoms with Crippen LogP contribution < -0.4 is 5.73 Å². The van der Waals surface area contributed by atoms with E-state index >= 15 is 0 Å². The number of benzene rings is 1. The van der Waals surface area contributed by atoms with Gasteiger partial charge in [-0.2, -0.15) is 0 Å². The molecule has 7 heteroatoms. The Morgan fingerprint density at radius 2 is 2.10 bits per heavy atom. The number of esters is 1. The maximum absolute atomic E-state index is 13.3. The van der Waals surface area contributed by atoms with Crippen LogP contribution in [0, 0.1) is 5.82 Å². The molecule has 0 bridgehead atoms. The summed E-state index contributed by atoms with van der Waals surface area (Å²) in [7, 11) is 1.25. The summed E-state index contributed by atoms with van der Waals surface area (Å²) in [6.45, 7) is 2.11. The first-order valence-corrected chi connectivity index (χ1v) is 6.80. The first-order chi connectivity index (χ1) is 9.40. The summed E-state index contributed by atoms with van der Waals surface area (Å²) < 4.78 is 18.1. The highest BCUT2D eigenvalue weighted by Crippen LogP contribution is 2.24. The molecule has 0 unspecified atom stereocenters. The van der Waals surface area contributed by atoms with Crippen molar-refractivity contribution >= 4 is 33.5 Å². The maximum Gasteiger partial charge on any atom is 0.325 e. The van der Waals surface area contributed by atoms with E-state index in [0.717, 1.165) is 6.07 Å². The van der Waals surface area contributed by atoms with E-state index in [1.54, 1.807) is 0 Å². The van der Waals surface area contributed by atoms with Gasteiger partial charge in [0.25, 0.3) is 5.91 Å². The summed E-state index contributed by atoms with van der Waals surface area (Å²) in [5.41, 5.74) is 5.56. The molecule has 1 aromatic rings. The minimum atomic E-state index is -0.608. The molecule has 1 amide bonds. The van der Waals surface area contributed by atoms with Crippen molar-refractivity contribution in [3.63, 3.8) is 0 Å². The van der Waals surface area contributed by atoms with Crippen molar-refractivity contribution in [2.75, 3.05) is 25.9 Å². The maximum atomic E-state index is 13.3. The standard InChI is InChI=1S/C13H16BrFN2O3/c1-3-4-17(7-12(18)20-2)13(19)8-5-11(16)10(15)6-9(8)14/h5-6H,3-4,7,16H2,1-2H3. The minimum Gasteiger partial charge on any atom is -0.468 e. The molecule has 1 aromatic carbocycles. The zero-order valence-corrected chi connectivity index (χ0v) is 12.9. The smallest absolute Gasteiger partial charge is 0.325 e. The summed E-state index contributed by atoms with van der Waals surface area (Å²) in [6.07, 6.45) is 0.678. The molecule has 0 aliphatic heterocycles. The minimum absolute atomic E-state index is 0.119. The molecule has 0 spiro atoms. The molecule has 0 radical (unpaired) electrons. The highest BCUT2D eigenvalue weighted by atomic mass is 79.9. The molecule has 0 aliphatic carbocycles. The number of hydrogen-bond acceptors (Lipinski definition) is 4. The van der Waals surface area contributed by atoms with E-state index in [2.05, 4.69) is 20.7 Å². The van der Waals surface area contributed by atoms with E-state index in [4.69, 9.17) is 5.73 Å². The number of amides is 1. The number of halogens is 2. The monoisotopic (exact) mass is 346 g/mol. The average Bonchev–Trinajstić information content (AvgIpc) is 2.41. The predicted molar refractivity (Wildman–Crippen MR) is 76.7 cm³/mol. The summed E-state index contributed by atoms with van der Waals surface area (Å²) in [4.78, 5) is 25.0. The Bertz CT molecular complexity index is 523. The predicted octanol–water partition coefficient (Wildman–Crippen LogP) is 2.20. The number of rotatable bonds is 5. The lowest BCUT2D eigenvalue weighted by molar-refractivity contribution is -0.141. The zero-order chi connectivity index (χ0) is 15.3. The summed E-state index contributed by atoms with van der Waals surface area (Å²) in [5.74, 6) is -1.53. The summed E-state index contributed by atoms with van der Waals surface area (Å²) in [6, 6.07) is 2.38. The highest BCUT2D eigenvalue weighted by Gasteiger charge is 2.21. The van der Waals surface area contributed by atoms with E-state index in [9.17, 15) is 14.0 Å². The van der Waals surface area contributed by atoms with Crippen molar-refractivity contribution in [3.05, 3.63) is 28.0 Å². The molecule has 2 N–H and O–H groups in total. The van der Waals surface area contributed by atoms with Gasteiger partial charge in [0, 0.05) is 11.0 Å². The second-order valence-corrected chi connectivity index (χ2v) is 5.01. The number of nitrogens with two attached hydrogens (primary N) is 1. The van der Waals surface area contributed by atoms with Gasteiger partial charge in [0.1, 0.15) is 12.4 Å². The third-order valence-electron chi connectivity index (χ3n) is 2.65. The summed E-state index contributed by atoms with van der Waals surface area (Å²) >= 11 is 3.13. The van der Waals surface area contributed by atoms with E-state index in [-0.39, 0.29) is 17.8 Å². The molecule has 20 heavy (non-hydrogen) atoms. The van der Waals surface area contributed by atoms with Gasteiger partial charge in [-0.05, 0) is 34.5 Å². The van der Waals surface area contributed by atoms with Crippen LogP contribution in [0.3, 0.4) is 0 Å². The quantitative estimate of drug-likeness (QED) is 0.655. The number of carbonyl (C=O) groups is 2. The third kappa shape index (κ3) is 3.93. The van der Waals surface area contributed by atoms with Crippen LogP contribution in [0.5, 0.6) is 0 Å². The van der Waals surface area contributed by atoms with Crippen molar-refractivity contribution in [1.29, 1.82) is 0 Å². The van der Waals surface area contributed by atoms with Crippen molar-refractivity contribution in [1.82, 2.24) is 4.90 Å². The Morgan fingerprint density at radius 3 is 2.65 bits per heavy atom. The van der Waals surface area contributed by atoms with Crippen molar-refractivity contribution in [2.24, 2.45) is 0 Å². The molecule has 0 aromatic heterocycles. The fourth-order valence-electron chi connectivity index (χ4n) is 1.64. The lowest BCUT2D eigenvalue weighted by Gasteiger charge is -2.21. The fourth-order valence-corrected chi connectivity index (χ4v) is 2.13. The van der Waals surface area contributed by atoms with Gasteiger partial charge in [-0.1, -0.05) is 6.92 Å². The molecule has 0 atom stereocenters. The number of nitrogens with zero attached hydrogens (tertiary/aromatic N) is 1. The molecule has 0 heterocycles. The van der Waals surface area contributed by atoms with E-state index in [0.29, 0.717) is 17.4 Å². The fraction of sp³-hybridized carbons (Fsp3) is 0.385. The molecule has 5 nitrogen and oxygen atoms in total. The number of anilines is 1. The number of methoxy groups -OCH3 is 1. The number of hydrogen-bond donors (Lipinski definition) is 1. The number of ether oxygens (including phenoxy) is 1. The first kappa shape index (κ1) is 16.4. The Balaban J connectivity index is 3.05. The number of nitrogen functional groups attached to an aromatic ring is 1. The molecule has 110 valence electrons. The van der Waals surface area contributed by atoms with E-state index < -0.39 is 17.7 Å². The summed E-state index contributed by atoms with van der Waals surface area (Å²) in [5, 5.41) is 0. The first-order valence-electron chi connectivity index (χ1n) is 6.01. The Kier molecular flexibility index (Phi) is 5.94. The van der Waals surface area contributed by atoms with E-state index in [1.807, 2.05) is 6.92 Å². The largest absolute Gasteiger partial charge is 0.468 e. The molecule has 0 saturated heterocycles. The molecular formula is C13H16BrFN2O3. The Hall–Kier alpha value is -1.63. The van der Waals surface area contributed by atoms with Crippen LogP contribution >= 0.6 is 15.9 Å². The highest BCUT2D eigenvalue weighted by molar-refractivity contribution is 9.10. The lowest BCUT2D eigenvalue weighted by Crippen LogP contribution is -2.37. The van der Waals surface area contributed by atoms with Crippen LogP contribution in [0.15, 0.2) is 16.6 Å². The van der Waals surface area contributed by atoms with Crippen LogP contribution in [0.25, 0.3) is 0 Å². The number of carbonyl (C=O) groups excluding carboxylic acids is 2. The zero-order valence-electron chi connectivity index (χ0n) is 11.3. The van der Waals surface area contributed by atoms with Crippen LogP contribution in [-0.2, 0) is 9.53 Å². The van der Waals surface area contributed by atoms with Crippen LogP contribution in [0.2, 0.25) is 0 Å². The third-order valence-corrected chi connectivity index (χ3v) is 3.30. The normalized spacial score (nSPS) is 10.2. The Labute approximate surface area is 125 Å². The van der Waals surface area contributed by atoms with Gasteiger partial charge in [-0.3, -0.25) is 9.59 Å². The lowest BCUT2D eigenvalue weighted by atomic mass is 10.1. The van der Waals surface area contributed by atoms with Gasteiger partial charge < -0.3 is 15.4 Å². The topological polar surface area (TPSA) is 72.6 Å². The van der Waals surface area contributed by atoms with Gasteiger partial charge in [-0.15, -0.1) is 0 Å². The van der Waals surface area contributed by atoms with Gasteiger partial charge in [0.2, 0.25) is 0 Å². The SMILES string of the molecule is CCCN(CC(=O)OC)C(=O)c1cc(N)c(F)cc1Br.